The zero-order valence-corrected chi connectivity index (χ0v) is 5.76. The van der Waals surface area contributed by atoms with Crippen LogP contribution < -0.4 is 4.74 Å². The van der Waals surface area contributed by atoms with Crippen molar-refractivity contribution in [1.29, 1.82) is 0 Å². The number of benzene rings is 1. The Kier molecular flexibility index (Phi) is 2.83. The second-order valence-electron chi connectivity index (χ2n) is 1.93. The lowest BCUT2D eigenvalue weighted by atomic mass is 10.3. The van der Waals surface area contributed by atoms with Gasteiger partial charge in [0.2, 0.25) is 0 Å². The minimum absolute atomic E-state index is 0.354. The Bertz CT molecular complexity index is 199. The molecule has 0 heterocycles. The summed E-state index contributed by atoms with van der Waals surface area (Å²) in [7, 11) is 0. The first-order valence-corrected chi connectivity index (χ1v) is 3.16. The van der Waals surface area contributed by atoms with E-state index >= 15 is 0 Å². The minimum Gasteiger partial charge on any atom is -0.487 e. The molecule has 0 saturated heterocycles. The molecule has 0 aliphatic heterocycles. The van der Waals surface area contributed by atoms with Crippen LogP contribution in [-0.2, 0) is 0 Å². The summed E-state index contributed by atoms with van der Waals surface area (Å²) in [6.07, 6.45) is -2.43. The van der Waals surface area contributed by atoms with Crippen molar-refractivity contribution in [3.63, 3.8) is 0 Å². The molecule has 1 radical (unpaired) electrons. The summed E-state index contributed by atoms with van der Waals surface area (Å²) in [6.45, 7) is -0.569. The number of hydrogen-bond donors (Lipinski definition) is 0. The van der Waals surface area contributed by atoms with Crippen LogP contribution >= 0.6 is 0 Å². The van der Waals surface area contributed by atoms with Crippen molar-refractivity contribution in [2.45, 2.75) is 6.43 Å². The van der Waals surface area contributed by atoms with E-state index in [1.165, 1.54) is 0 Å². The van der Waals surface area contributed by atoms with Gasteiger partial charge in [0.15, 0.2) is 0 Å². The van der Waals surface area contributed by atoms with Gasteiger partial charge in [0.05, 0.1) is 0 Å². The molecule has 1 aromatic rings. The van der Waals surface area contributed by atoms with Gasteiger partial charge >= 0.3 is 0 Å². The van der Waals surface area contributed by atoms with Crippen molar-refractivity contribution in [2.24, 2.45) is 0 Å². The van der Waals surface area contributed by atoms with Crippen molar-refractivity contribution >= 4 is 0 Å². The standard InChI is InChI=1S/C8H7F2O/c9-8(10)6-11-7-4-2-1-3-5-7/h1-4,8H,6H2. The van der Waals surface area contributed by atoms with E-state index in [1.54, 1.807) is 24.3 Å². The van der Waals surface area contributed by atoms with Crippen molar-refractivity contribution in [3.05, 3.63) is 30.3 Å². The Labute approximate surface area is 63.6 Å². The summed E-state index contributed by atoms with van der Waals surface area (Å²) < 4.78 is 27.8. The average molecular weight is 157 g/mol. The molecule has 0 spiro atoms. The van der Waals surface area contributed by atoms with Gasteiger partial charge in [-0.2, -0.15) is 0 Å². The highest BCUT2D eigenvalue weighted by atomic mass is 19.3. The van der Waals surface area contributed by atoms with Crippen LogP contribution in [0.25, 0.3) is 0 Å². The van der Waals surface area contributed by atoms with E-state index in [4.69, 9.17) is 0 Å². The molecular formula is C8H7F2O. The monoisotopic (exact) mass is 157 g/mol. The summed E-state index contributed by atoms with van der Waals surface area (Å²) >= 11 is 0. The third-order valence-corrected chi connectivity index (χ3v) is 1.05. The fraction of sp³-hybridized carbons (Fsp3) is 0.250. The first-order chi connectivity index (χ1) is 5.29. The molecule has 1 nitrogen and oxygen atoms in total. The Morgan fingerprint density at radius 1 is 1.45 bits per heavy atom. The van der Waals surface area contributed by atoms with Gasteiger partial charge < -0.3 is 4.74 Å². The molecule has 0 aromatic heterocycles. The first-order valence-electron chi connectivity index (χ1n) is 3.16. The number of alkyl halides is 2. The number of ether oxygens (including phenoxy) is 1. The summed E-state index contributed by atoms with van der Waals surface area (Å²) in [6, 6.07) is 9.32. The number of para-hydroxylation sites is 1. The highest BCUT2D eigenvalue weighted by Crippen LogP contribution is 2.08. The number of halogens is 2. The Morgan fingerprint density at radius 2 is 2.27 bits per heavy atom. The zero-order valence-electron chi connectivity index (χ0n) is 5.76. The van der Waals surface area contributed by atoms with E-state index in [0.717, 1.165) is 0 Å². The molecular weight excluding hydrogens is 150 g/mol. The van der Waals surface area contributed by atoms with Crippen LogP contribution in [0.1, 0.15) is 0 Å². The van der Waals surface area contributed by atoms with Gasteiger partial charge in [-0.25, -0.2) is 8.78 Å². The van der Waals surface area contributed by atoms with E-state index in [-0.39, 0.29) is 0 Å². The summed E-state index contributed by atoms with van der Waals surface area (Å²) in [5.41, 5.74) is 0. The molecule has 0 aliphatic carbocycles. The van der Waals surface area contributed by atoms with Gasteiger partial charge in [0.25, 0.3) is 6.43 Å². The van der Waals surface area contributed by atoms with Crippen LogP contribution in [0.4, 0.5) is 8.78 Å². The quantitative estimate of drug-likeness (QED) is 0.653. The van der Waals surface area contributed by atoms with Crippen LogP contribution in [0.3, 0.4) is 0 Å². The van der Waals surface area contributed by atoms with Gasteiger partial charge in [0.1, 0.15) is 12.4 Å². The smallest absolute Gasteiger partial charge is 0.272 e. The van der Waals surface area contributed by atoms with E-state index in [9.17, 15) is 8.78 Å². The fourth-order valence-electron chi connectivity index (χ4n) is 0.619. The molecule has 1 rings (SSSR count). The maximum atomic E-state index is 11.6. The lowest BCUT2D eigenvalue weighted by molar-refractivity contribution is 0.0818. The second-order valence-corrected chi connectivity index (χ2v) is 1.93. The third kappa shape index (κ3) is 2.98. The number of rotatable bonds is 3. The molecule has 0 fully saturated rings. The fourth-order valence-corrected chi connectivity index (χ4v) is 0.619. The molecule has 0 N–H and O–H groups in total. The largest absolute Gasteiger partial charge is 0.487 e. The Hall–Kier alpha value is -1.12. The molecule has 0 aliphatic rings. The molecule has 0 saturated carbocycles. The maximum absolute atomic E-state index is 11.6. The molecule has 1 aromatic carbocycles. The van der Waals surface area contributed by atoms with Gasteiger partial charge in [0, 0.05) is 6.07 Å². The van der Waals surface area contributed by atoms with Crippen LogP contribution in [0.5, 0.6) is 5.75 Å². The molecule has 59 valence electrons. The SMILES string of the molecule is FC(F)COc1[c]cccc1. The summed E-state index contributed by atoms with van der Waals surface area (Å²) in [5, 5.41) is 0. The minimum atomic E-state index is -2.43. The van der Waals surface area contributed by atoms with Crippen LogP contribution in [-0.4, -0.2) is 13.0 Å². The van der Waals surface area contributed by atoms with Crippen molar-refractivity contribution < 1.29 is 13.5 Å². The van der Waals surface area contributed by atoms with Crippen LogP contribution in [0.15, 0.2) is 24.3 Å². The lowest BCUT2D eigenvalue weighted by Crippen LogP contribution is -2.06. The Balaban J connectivity index is 2.39. The molecule has 11 heavy (non-hydrogen) atoms. The van der Waals surface area contributed by atoms with E-state index in [2.05, 4.69) is 10.8 Å². The summed E-state index contributed by atoms with van der Waals surface area (Å²) in [4.78, 5) is 0. The zero-order chi connectivity index (χ0) is 8.10. The third-order valence-electron chi connectivity index (χ3n) is 1.05. The normalized spacial score (nSPS) is 10.1. The van der Waals surface area contributed by atoms with E-state index < -0.39 is 13.0 Å². The van der Waals surface area contributed by atoms with Gasteiger partial charge in [-0.1, -0.05) is 18.2 Å². The molecule has 0 atom stereocenters. The second kappa shape index (κ2) is 3.91. The van der Waals surface area contributed by atoms with Gasteiger partial charge in [-0.05, 0) is 6.07 Å². The van der Waals surface area contributed by atoms with Crippen LogP contribution in [0, 0.1) is 6.07 Å². The molecule has 3 heteroatoms. The average Bonchev–Trinajstić information content (AvgIpc) is 2.03. The van der Waals surface area contributed by atoms with Gasteiger partial charge in [-0.15, -0.1) is 0 Å². The lowest BCUT2D eigenvalue weighted by Gasteiger charge is -2.02. The predicted molar refractivity (Wildman–Crippen MR) is 36.8 cm³/mol. The Morgan fingerprint density at radius 3 is 2.82 bits per heavy atom. The van der Waals surface area contributed by atoms with Gasteiger partial charge in [-0.3, -0.25) is 0 Å². The molecule has 0 amide bonds. The highest BCUT2D eigenvalue weighted by molar-refractivity contribution is 5.19. The van der Waals surface area contributed by atoms with Crippen LogP contribution in [0.2, 0.25) is 0 Å². The molecule has 0 unspecified atom stereocenters. The van der Waals surface area contributed by atoms with E-state index in [0.29, 0.717) is 5.75 Å². The highest BCUT2D eigenvalue weighted by Gasteiger charge is 2.01. The predicted octanol–water partition coefficient (Wildman–Crippen LogP) is 2.13. The number of hydrogen-bond acceptors (Lipinski definition) is 1. The van der Waals surface area contributed by atoms with Crippen molar-refractivity contribution in [2.75, 3.05) is 6.61 Å². The van der Waals surface area contributed by atoms with Crippen molar-refractivity contribution in [3.8, 4) is 5.75 Å². The molecule has 0 bridgehead atoms. The first kappa shape index (κ1) is 7.98. The maximum Gasteiger partial charge on any atom is 0.272 e. The summed E-state index contributed by atoms with van der Waals surface area (Å²) in [5.74, 6) is 0.354. The van der Waals surface area contributed by atoms with Crippen molar-refractivity contribution in [1.82, 2.24) is 0 Å². The van der Waals surface area contributed by atoms with E-state index in [1.807, 2.05) is 0 Å². The topological polar surface area (TPSA) is 9.23 Å².